The lowest BCUT2D eigenvalue weighted by Crippen LogP contribution is -2.52. The summed E-state index contributed by atoms with van der Waals surface area (Å²) < 4.78 is 9.78. The predicted molar refractivity (Wildman–Crippen MR) is 122 cm³/mol. The molecule has 1 aromatic carbocycles. The number of H-pyrrole nitrogens is 1. The molecule has 0 fully saturated rings. The van der Waals surface area contributed by atoms with Crippen molar-refractivity contribution in [3.05, 3.63) is 71.5 Å². The van der Waals surface area contributed by atoms with E-state index in [-0.39, 0.29) is 12.3 Å². The number of fused-ring (bicyclic) bond motifs is 3. The Balaban J connectivity index is 2.16. The van der Waals surface area contributed by atoms with Crippen molar-refractivity contribution in [2.45, 2.75) is 25.4 Å². The van der Waals surface area contributed by atoms with E-state index in [0.717, 1.165) is 22.2 Å². The number of allylic oxidation sites excluding steroid dienone is 1. The van der Waals surface area contributed by atoms with E-state index < -0.39 is 29.9 Å². The first kappa shape index (κ1) is 23.3. The van der Waals surface area contributed by atoms with Gasteiger partial charge in [-0.3, -0.25) is 4.79 Å². The minimum atomic E-state index is -0.866. The van der Waals surface area contributed by atoms with Crippen LogP contribution in [0.15, 0.2) is 60.2 Å². The summed E-state index contributed by atoms with van der Waals surface area (Å²) in [6.45, 7) is 5.86. The minimum absolute atomic E-state index is 0.282. The third-order valence-corrected chi connectivity index (χ3v) is 5.80. The number of hydrogen-bond acceptors (Lipinski definition) is 5. The quantitative estimate of drug-likeness (QED) is 0.310. The third kappa shape index (κ3) is 4.21. The zero-order chi connectivity index (χ0) is 23.4. The van der Waals surface area contributed by atoms with E-state index in [9.17, 15) is 14.4 Å². The molecule has 1 N–H and O–H groups in total. The zero-order valence-corrected chi connectivity index (χ0v) is 18.9. The Morgan fingerprint density at radius 3 is 2.56 bits per heavy atom. The summed E-state index contributed by atoms with van der Waals surface area (Å²) in [4.78, 5) is 42.3. The number of para-hydroxylation sites is 1. The van der Waals surface area contributed by atoms with E-state index in [1.165, 1.54) is 19.1 Å². The van der Waals surface area contributed by atoms with Gasteiger partial charge in [0, 0.05) is 23.0 Å². The van der Waals surface area contributed by atoms with Crippen LogP contribution in [0, 0.1) is 0 Å². The number of halogens is 1. The van der Waals surface area contributed by atoms with Crippen molar-refractivity contribution < 1.29 is 23.9 Å². The maximum atomic E-state index is 12.9. The lowest BCUT2D eigenvalue weighted by molar-refractivity contribution is -0.154. The molecule has 0 bridgehead atoms. The summed E-state index contributed by atoms with van der Waals surface area (Å²) in [6.07, 6.45) is 5.11. The first-order valence-electron chi connectivity index (χ1n) is 10.0. The SMILES string of the molecule is C=C(/C=C\C(=C/C)C(=O)OC)[C@@H]1c2[nH]c3ccccc3c2C[C@@H](C(=O)OC)N1C(=O)CCl. The lowest BCUT2D eigenvalue weighted by atomic mass is 9.88. The number of amides is 1. The van der Waals surface area contributed by atoms with Crippen molar-refractivity contribution in [2.75, 3.05) is 20.1 Å². The van der Waals surface area contributed by atoms with Crippen molar-refractivity contribution in [3.8, 4) is 0 Å². The van der Waals surface area contributed by atoms with Crippen LogP contribution in [0.1, 0.15) is 24.2 Å². The number of methoxy groups -OCH3 is 2. The van der Waals surface area contributed by atoms with E-state index in [4.69, 9.17) is 21.1 Å². The zero-order valence-electron chi connectivity index (χ0n) is 18.2. The van der Waals surface area contributed by atoms with Crippen molar-refractivity contribution in [2.24, 2.45) is 0 Å². The van der Waals surface area contributed by atoms with Gasteiger partial charge in [-0.25, -0.2) is 9.59 Å². The van der Waals surface area contributed by atoms with Gasteiger partial charge in [0.15, 0.2) is 0 Å². The molecule has 0 saturated heterocycles. The normalized spacial score (nSPS) is 18.5. The van der Waals surface area contributed by atoms with Crippen LogP contribution in [0.2, 0.25) is 0 Å². The van der Waals surface area contributed by atoms with Crippen LogP contribution in [-0.4, -0.2) is 53.9 Å². The van der Waals surface area contributed by atoms with Gasteiger partial charge < -0.3 is 19.4 Å². The summed E-state index contributed by atoms with van der Waals surface area (Å²) in [5.74, 6) is -1.76. The Kier molecular flexibility index (Phi) is 7.20. The van der Waals surface area contributed by atoms with Gasteiger partial charge in [0.2, 0.25) is 5.91 Å². The van der Waals surface area contributed by atoms with Crippen molar-refractivity contribution in [3.63, 3.8) is 0 Å². The molecular weight excluding hydrogens is 432 g/mol. The van der Waals surface area contributed by atoms with Crippen LogP contribution >= 0.6 is 11.6 Å². The van der Waals surface area contributed by atoms with Crippen molar-refractivity contribution in [1.29, 1.82) is 0 Å². The van der Waals surface area contributed by atoms with E-state index in [1.807, 2.05) is 24.3 Å². The number of rotatable bonds is 6. The second-order valence-electron chi connectivity index (χ2n) is 7.29. The molecule has 3 rings (SSSR count). The Morgan fingerprint density at radius 2 is 1.94 bits per heavy atom. The standard InChI is InChI=1S/C24H25ClN2O5/c1-5-15(23(29)31-3)11-10-14(2)22-21-17(16-8-6-7-9-18(16)26-21)12-19(24(30)32-4)27(22)20(28)13-25/h5-11,19,22,26H,2,12-13H2,1,3-4H3/b11-10-,15-5+/t19-,22+/m0/s1. The number of alkyl halides is 1. The van der Waals surface area contributed by atoms with Gasteiger partial charge in [0.05, 0.1) is 25.8 Å². The second kappa shape index (κ2) is 9.87. The molecule has 0 spiro atoms. The van der Waals surface area contributed by atoms with E-state index in [1.54, 1.807) is 25.2 Å². The molecule has 1 amide bonds. The molecule has 2 atom stereocenters. The molecule has 1 aromatic heterocycles. The number of hydrogen-bond donors (Lipinski definition) is 1. The molecule has 8 heteroatoms. The largest absolute Gasteiger partial charge is 0.467 e. The third-order valence-electron chi connectivity index (χ3n) is 5.57. The average Bonchev–Trinajstić information content (AvgIpc) is 3.19. The summed E-state index contributed by atoms with van der Waals surface area (Å²) in [5.41, 5.74) is 3.37. The first-order valence-corrected chi connectivity index (χ1v) is 10.6. The van der Waals surface area contributed by atoms with E-state index in [0.29, 0.717) is 11.1 Å². The number of benzene rings is 1. The molecule has 0 unspecified atom stereocenters. The van der Waals surface area contributed by atoms with Crippen molar-refractivity contribution in [1.82, 2.24) is 9.88 Å². The molecule has 2 heterocycles. The van der Waals surface area contributed by atoms with Crippen LogP contribution in [0.4, 0.5) is 0 Å². The molecule has 0 radical (unpaired) electrons. The maximum absolute atomic E-state index is 12.9. The number of carbonyl (C=O) groups excluding carboxylic acids is 3. The van der Waals surface area contributed by atoms with Gasteiger partial charge in [-0.2, -0.15) is 0 Å². The Hall–Kier alpha value is -3.32. The molecule has 0 aliphatic carbocycles. The molecule has 7 nitrogen and oxygen atoms in total. The highest BCUT2D eigenvalue weighted by Crippen LogP contribution is 2.41. The summed E-state index contributed by atoms with van der Waals surface area (Å²) in [5, 5.41) is 0.958. The molecule has 0 saturated carbocycles. The molecule has 32 heavy (non-hydrogen) atoms. The van der Waals surface area contributed by atoms with Crippen LogP contribution in [0.25, 0.3) is 10.9 Å². The maximum Gasteiger partial charge on any atom is 0.337 e. The fourth-order valence-electron chi connectivity index (χ4n) is 4.06. The molecular formula is C24H25ClN2O5. The number of ether oxygens (including phenoxy) is 2. The van der Waals surface area contributed by atoms with Gasteiger partial charge in [0.1, 0.15) is 11.9 Å². The molecule has 2 aromatic rings. The van der Waals surface area contributed by atoms with Gasteiger partial charge in [-0.15, -0.1) is 11.6 Å². The number of nitrogens with zero attached hydrogens (tertiary/aromatic N) is 1. The number of nitrogens with one attached hydrogen (secondary N) is 1. The molecule has 168 valence electrons. The summed E-state index contributed by atoms with van der Waals surface area (Å²) in [7, 11) is 2.59. The summed E-state index contributed by atoms with van der Waals surface area (Å²) >= 11 is 5.91. The van der Waals surface area contributed by atoms with Crippen molar-refractivity contribution >= 4 is 40.3 Å². The van der Waals surface area contributed by atoms with Gasteiger partial charge in [-0.1, -0.05) is 36.9 Å². The fraction of sp³-hybridized carbons (Fsp3) is 0.292. The summed E-state index contributed by atoms with van der Waals surface area (Å²) in [6, 6.07) is 6.14. The number of esters is 2. The Bertz CT molecular complexity index is 1130. The van der Waals surface area contributed by atoms with Crippen LogP contribution in [0.5, 0.6) is 0 Å². The number of carbonyl (C=O) groups is 3. The monoisotopic (exact) mass is 456 g/mol. The number of aromatic nitrogens is 1. The van der Waals surface area contributed by atoms with E-state index >= 15 is 0 Å². The predicted octanol–water partition coefficient (Wildman–Crippen LogP) is 3.61. The van der Waals surface area contributed by atoms with Crippen LogP contribution in [-0.2, 0) is 30.3 Å². The molecule has 1 aliphatic heterocycles. The average molecular weight is 457 g/mol. The lowest BCUT2D eigenvalue weighted by Gasteiger charge is -2.40. The van der Waals surface area contributed by atoms with Gasteiger partial charge >= 0.3 is 11.9 Å². The van der Waals surface area contributed by atoms with Gasteiger partial charge in [-0.05, 0) is 30.2 Å². The van der Waals surface area contributed by atoms with Crippen LogP contribution in [0.3, 0.4) is 0 Å². The first-order chi connectivity index (χ1) is 15.4. The highest BCUT2D eigenvalue weighted by Gasteiger charge is 2.43. The topological polar surface area (TPSA) is 88.7 Å². The highest BCUT2D eigenvalue weighted by molar-refractivity contribution is 6.27. The van der Waals surface area contributed by atoms with Gasteiger partial charge in [0.25, 0.3) is 0 Å². The van der Waals surface area contributed by atoms with E-state index in [2.05, 4.69) is 11.6 Å². The highest BCUT2D eigenvalue weighted by atomic mass is 35.5. The fourth-order valence-corrected chi connectivity index (χ4v) is 4.19. The number of aromatic amines is 1. The second-order valence-corrected chi connectivity index (χ2v) is 7.55. The Morgan fingerprint density at radius 1 is 1.22 bits per heavy atom. The Labute approximate surface area is 191 Å². The molecule has 1 aliphatic rings. The smallest absolute Gasteiger partial charge is 0.337 e. The minimum Gasteiger partial charge on any atom is -0.467 e. The van der Waals surface area contributed by atoms with Crippen LogP contribution < -0.4 is 0 Å².